The molecule has 3 atom stereocenters. The Morgan fingerprint density at radius 1 is 1.47 bits per heavy atom. The normalized spacial score (nSPS) is 41.7. The lowest BCUT2D eigenvalue weighted by Crippen LogP contribution is -2.55. The molecule has 2 N–H and O–H groups in total. The highest BCUT2D eigenvalue weighted by Gasteiger charge is 2.41. The molecule has 0 bridgehead atoms. The van der Waals surface area contributed by atoms with Crippen LogP contribution in [0.4, 0.5) is 0 Å². The van der Waals surface area contributed by atoms with Gasteiger partial charge in [-0.15, -0.1) is 0 Å². The molecule has 4 heteroatoms. The smallest absolute Gasteiger partial charge is 0.323 e. The lowest BCUT2D eigenvalue weighted by molar-refractivity contribution is -0.146. The van der Waals surface area contributed by atoms with Gasteiger partial charge in [0.05, 0.1) is 0 Å². The molecule has 0 aromatic rings. The topological polar surface area (TPSA) is 58.6 Å². The van der Waals surface area contributed by atoms with Gasteiger partial charge in [-0.2, -0.15) is 0 Å². The molecule has 4 nitrogen and oxygen atoms in total. The number of ether oxygens (including phenoxy) is 1. The summed E-state index contributed by atoms with van der Waals surface area (Å²) in [5, 5.41) is 12.3. The Kier molecular flexibility index (Phi) is 2.98. The molecule has 0 spiro atoms. The summed E-state index contributed by atoms with van der Waals surface area (Å²) in [5.41, 5.74) is -0.731. The van der Waals surface area contributed by atoms with Crippen molar-refractivity contribution < 1.29 is 14.6 Å². The lowest BCUT2D eigenvalue weighted by Gasteiger charge is -2.38. The largest absolute Gasteiger partial charge is 0.480 e. The van der Waals surface area contributed by atoms with E-state index in [0.717, 1.165) is 39.0 Å². The van der Waals surface area contributed by atoms with Crippen molar-refractivity contribution >= 4 is 5.97 Å². The Hall–Kier alpha value is -0.610. The average molecular weight is 213 g/mol. The summed E-state index contributed by atoms with van der Waals surface area (Å²) in [6.45, 7) is 4.26. The van der Waals surface area contributed by atoms with Crippen molar-refractivity contribution in [3.05, 3.63) is 0 Å². The minimum absolute atomic E-state index is 0.509. The lowest BCUT2D eigenvalue weighted by atomic mass is 9.76. The van der Waals surface area contributed by atoms with Crippen LogP contribution in [0, 0.1) is 11.8 Å². The Balaban J connectivity index is 2.00. The standard InChI is InChI=1S/C11H19NO3/c1-11(10(13)14)6-8(2-4-12-11)9-3-5-15-7-9/h8-9,12H,2-7H2,1H3,(H,13,14). The molecule has 86 valence electrons. The van der Waals surface area contributed by atoms with Crippen molar-refractivity contribution in [3.63, 3.8) is 0 Å². The first kappa shape index (κ1) is 10.9. The monoisotopic (exact) mass is 213 g/mol. The van der Waals surface area contributed by atoms with Gasteiger partial charge in [-0.1, -0.05) is 0 Å². The number of aliphatic carboxylic acids is 1. The molecule has 0 amide bonds. The highest BCUT2D eigenvalue weighted by Crippen LogP contribution is 2.34. The Labute approximate surface area is 90.0 Å². The molecule has 3 unspecified atom stereocenters. The van der Waals surface area contributed by atoms with E-state index in [9.17, 15) is 4.79 Å². The van der Waals surface area contributed by atoms with Crippen molar-refractivity contribution in [1.29, 1.82) is 0 Å². The van der Waals surface area contributed by atoms with Crippen LogP contribution in [0.2, 0.25) is 0 Å². The van der Waals surface area contributed by atoms with Crippen molar-refractivity contribution in [2.75, 3.05) is 19.8 Å². The molecule has 0 aromatic carbocycles. The molecule has 0 saturated carbocycles. The van der Waals surface area contributed by atoms with Crippen LogP contribution < -0.4 is 5.32 Å². The van der Waals surface area contributed by atoms with Crippen molar-refractivity contribution in [2.24, 2.45) is 11.8 Å². The molecule has 2 rings (SSSR count). The number of rotatable bonds is 2. The Bertz CT molecular complexity index is 250. The number of carboxylic acids is 1. The van der Waals surface area contributed by atoms with Crippen LogP contribution in [0.3, 0.4) is 0 Å². The quantitative estimate of drug-likeness (QED) is 0.714. The fraction of sp³-hybridized carbons (Fsp3) is 0.909. The van der Waals surface area contributed by atoms with Crippen LogP contribution in [0.25, 0.3) is 0 Å². The van der Waals surface area contributed by atoms with Crippen LogP contribution in [0.5, 0.6) is 0 Å². The van der Waals surface area contributed by atoms with Gasteiger partial charge in [-0.05, 0) is 44.6 Å². The maximum atomic E-state index is 11.1. The van der Waals surface area contributed by atoms with E-state index in [1.165, 1.54) is 0 Å². The molecule has 2 saturated heterocycles. The van der Waals surface area contributed by atoms with Gasteiger partial charge < -0.3 is 15.2 Å². The van der Waals surface area contributed by atoms with Gasteiger partial charge in [0, 0.05) is 13.2 Å². The molecule has 2 aliphatic heterocycles. The van der Waals surface area contributed by atoms with Crippen molar-refractivity contribution in [1.82, 2.24) is 5.32 Å². The molecule has 2 aliphatic rings. The summed E-state index contributed by atoms with van der Waals surface area (Å²) in [6, 6.07) is 0. The van der Waals surface area contributed by atoms with Gasteiger partial charge in [-0.3, -0.25) is 4.79 Å². The maximum absolute atomic E-state index is 11.1. The van der Waals surface area contributed by atoms with Crippen LogP contribution in [-0.2, 0) is 9.53 Å². The van der Waals surface area contributed by atoms with Gasteiger partial charge in [0.15, 0.2) is 0 Å². The molecule has 2 fully saturated rings. The summed E-state index contributed by atoms with van der Waals surface area (Å²) in [5.74, 6) is 0.353. The minimum atomic E-state index is -0.731. The van der Waals surface area contributed by atoms with Gasteiger partial charge in [0.2, 0.25) is 0 Å². The van der Waals surface area contributed by atoms with E-state index in [4.69, 9.17) is 9.84 Å². The van der Waals surface area contributed by atoms with Crippen LogP contribution in [0.1, 0.15) is 26.2 Å². The second kappa shape index (κ2) is 4.10. The molecular formula is C11H19NO3. The zero-order valence-corrected chi connectivity index (χ0v) is 9.16. The summed E-state index contributed by atoms with van der Waals surface area (Å²) >= 11 is 0. The molecule has 0 radical (unpaired) electrons. The van der Waals surface area contributed by atoms with Crippen molar-refractivity contribution in [2.45, 2.75) is 31.7 Å². The van der Waals surface area contributed by atoms with E-state index in [-0.39, 0.29) is 0 Å². The van der Waals surface area contributed by atoms with Gasteiger partial charge >= 0.3 is 5.97 Å². The first-order valence-electron chi connectivity index (χ1n) is 5.68. The molecule has 0 aromatic heterocycles. The Morgan fingerprint density at radius 3 is 2.87 bits per heavy atom. The van der Waals surface area contributed by atoms with E-state index >= 15 is 0 Å². The summed E-state index contributed by atoms with van der Waals surface area (Å²) in [6.07, 6.45) is 2.91. The van der Waals surface area contributed by atoms with Crippen LogP contribution in [0.15, 0.2) is 0 Å². The summed E-state index contributed by atoms with van der Waals surface area (Å²) in [7, 11) is 0. The number of nitrogens with one attached hydrogen (secondary N) is 1. The summed E-state index contributed by atoms with van der Waals surface area (Å²) in [4.78, 5) is 11.1. The molecule has 2 heterocycles. The first-order valence-corrected chi connectivity index (χ1v) is 5.68. The predicted molar refractivity (Wildman–Crippen MR) is 55.7 cm³/mol. The number of carbonyl (C=O) groups is 1. The minimum Gasteiger partial charge on any atom is -0.480 e. The van der Waals surface area contributed by atoms with Crippen molar-refractivity contribution in [3.8, 4) is 0 Å². The number of carboxylic acid groups (broad SMARTS) is 1. The fourth-order valence-electron chi connectivity index (χ4n) is 2.72. The van der Waals surface area contributed by atoms with Gasteiger partial charge in [0.25, 0.3) is 0 Å². The highest BCUT2D eigenvalue weighted by molar-refractivity contribution is 5.78. The second-order valence-electron chi connectivity index (χ2n) is 4.94. The van der Waals surface area contributed by atoms with Gasteiger partial charge in [0.1, 0.15) is 5.54 Å². The van der Waals surface area contributed by atoms with E-state index in [2.05, 4.69) is 5.32 Å². The van der Waals surface area contributed by atoms with Gasteiger partial charge in [-0.25, -0.2) is 0 Å². The average Bonchev–Trinajstić information content (AvgIpc) is 2.70. The number of hydrogen-bond acceptors (Lipinski definition) is 3. The third-order valence-corrected chi connectivity index (χ3v) is 3.80. The third-order valence-electron chi connectivity index (χ3n) is 3.80. The second-order valence-corrected chi connectivity index (χ2v) is 4.94. The van der Waals surface area contributed by atoms with E-state index < -0.39 is 11.5 Å². The third kappa shape index (κ3) is 2.16. The number of piperidine rings is 1. The zero-order chi connectivity index (χ0) is 10.9. The van der Waals surface area contributed by atoms with E-state index in [1.807, 2.05) is 0 Å². The number of hydrogen-bond donors (Lipinski definition) is 2. The van der Waals surface area contributed by atoms with Crippen LogP contribution in [-0.4, -0.2) is 36.4 Å². The Morgan fingerprint density at radius 2 is 2.27 bits per heavy atom. The maximum Gasteiger partial charge on any atom is 0.323 e. The first-order chi connectivity index (χ1) is 7.12. The zero-order valence-electron chi connectivity index (χ0n) is 9.16. The summed E-state index contributed by atoms with van der Waals surface area (Å²) < 4.78 is 5.37. The predicted octanol–water partition coefficient (Wildman–Crippen LogP) is 0.866. The molecule has 0 aliphatic carbocycles. The molecule has 15 heavy (non-hydrogen) atoms. The van der Waals surface area contributed by atoms with E-state index in [0.29, 0.717) is 11.8 Å². The SMILES string of the molecule is CC1(C(=O)O)CC(C2CCOC2)CCN1. The van der Waals surface area contributed by atoms with Crippen LogP contribution >= 0.6 is 0 Å². The molecular weight excluding hydrogens is 194 g/mol. The van der Waals surface area contributed by atoms with E-state index in [1.54, 1.807) is 6.92 Å². The highest BCUT2D eigenvalue weighted by atomic mass is 16.5. The fourth-order valence-corrected chi connectivity index (χ4v) is 2.72.